The van der Waals surface area contributed by atoms with Gasteiger partial charge in [-0.3, -0.25) is 4.57 Å². The van der Waals surface area contributed by atoms with E-state index in [2.05, 4.69) is 9.97 Å². The monoisotopic (exact) mass is 401 g/mol. The molecule has 0 saturated carbocycles. The Morgan fingerprint density at radius 3 is 2.45 bits per heavy atom. The van der Waals surface area contributed by atoms with Crippen LogP contribution in [-0.4, -0.2) is 21.6 Å². The van der Waals surface area contributed by atoms with E-state index in [1.165, 1.54) is 23.5 Å². The number of benzene rings is 3. The van der Waals surface area contributed by atoms with Crippen molar-refractivity contribution in [3.63, 3.8) is 0 Å². The van der Waals surface area contributed by atoms with Crippen molar-refractivity contribution in [2.75, 3.05) is 7.11 Å². The van der Waals surface area contributed by atoms with Crippen LogP contribution in [0.25, 0.3) is 37.7 Å². The molecule has 2 aromatic heterocycles. The molecule has 0 spiro atoms. The molecule has 0 saturated heterocycles. The van der Waals surface area contributed by atoms with Crippen LogP contribution in [0.15, 0.2) is 79.3 Å². The van der Waals surface area contributed by atoms with Crippen molar-refractivity contribution in [3.8, 4) is 33.3 Å². The first kappa shape index (κ1) is 17.6. The van der Waals surface area contributed by atoms with Gasteiger partial charge in [-0.15, -0.1) is 11.3 Å². The third-order valence-electron chi connectivity index (χ3n) is 4.77. The molecule has 6 heteroatoms. The molecule has 0 radical (unpaired) electrons. The van der Waals surface area contributed by atoms with Crippen molar-refractivity contribution in [2.24, 2.45) is 0 Å². The van der Waals surface area contributed by atoms with Gasteiger partial charge >= 0.3 is 0 Å². The van der Waals surface area contributed by atoms with Crippen molar-refractivity contribution in [2.45, 2.75) is 0 Å². The fourth-order valence-corrected chi connectivity index (χ4v) is 4.26. The highest BCUT2D eigenvalue weighted by molar-refractivity contribution is 7.21. The third kappa shape index (κ3) is 3.28. The predicted octanol–water partition coefficient (Wildman–Crippen LogP) is 5.96. The first-order valence-corrected chi connectivity index (χ1v) is 9.86. The van der Waals surface area contributed by atoms with E-state index < -0.39 is 0 Å². The Balaban J connectivity index is 1.48. The molecule has 0 unspecified atom stereocenters. The van der Waals surface area contributed by atoms with Crippen molar-refractivity contribution >= 4 is 21.6 Å². The van der Waals surface area contributed by atoms with Gasteiger partial charge in [0.1, 0.15) is 16.6 Å². The average molecular weight is 401 g/mol. The van der Waals surface area contributed by atoms with Crippen LogP contribution in [-0.2, 0) is 0 Å². The van der Waals surface area contributed by atoms with Gasteiger partial charge in [0.15, 0.2) is 0 Å². The lowest BCUT2D eigenvalue weighted by molar-refractivity contribution is 0.415. The SMILES string of the molecule is COc1ccc(-c2cncn2-c2ccc(-c3nc4ccc(F)cc4s3)cc2)cc1. The Labute approximate surface area is 170 Å². The minimum atomic E-state index is -0.241. The van der Waals surface area contributed by atoms with Crippen molar-refractivity contribution < 1.29 is 9.13 Å². The first-order chi connectivity index (χ1) is 14.2. The van der Waals surface area contributed by atoms with Crippen LogP contribution in [0.1, 0.15) is 0 Å². The summed E-state index contributed by atoms with van der Waals surface area (Å²) in [5.74, 6) is 0.578. The number of hydrogen-bond donors (Lipinski definition) is 0. The molecule has 0 aliphatic heterocycles. The highest BCUT2D eigenvalue weighted by Gasteiger charge is 2.10. The number of imidazole rings is 1. The van der Waals surface area contributed by atoms with Gasteiger partial charge in [-0.05, 0) is 66.7 Å². The Morgan fingerprint density at radius 1 is 0.931 bits per heavy atom. The summed E-state index contributed by atoms with van der Waals surface area (Å²) in [5.41, 5.74) is 4.87. The number of ether oxygens (including phenoxy) is 1. The molecule has 29 heavy (non-hydrogen) atoms. The lowest BCUT2D eigenvalue weighted by Crippen LogP contribution is -1.95. The van der Waals surface area contributed by atoms with Crippen LogP contribution in [0.3, 0.4) is 0 Å². The van der Waals surface area contributed by atoms with Crippen molar-refractivity contribution in [1.29, 1.82) is 0 Å². The molecule has 0 aliphatic carbocycles. The third-order valence-corrected chi connectivity index (χ3v) is 5.83. The van der Waals surface area contributed by atoms with Crippen LogP contribution in [0.2, 0.25) is 0 Å². The van der Waals surface area contributed by atoms with Gasteiger partial charge in [0.2, 0.25) is 0 Å². The Hall–Kier alpha value is -3.51. The molecule has 0 fully saturated rings. The second kappa shape index (κ2) is 7.14. The number of aromatic nitrogens is 3. The Kier molecular flexibility index (Phi) is 4.33. The maximum absolute atomic E-state index is 13.4. The number of fused-ring (bicyclic) bond motifs is 1. The van der Waals surface area contributed by atoms with Crippen LogP contribution < -0.4 is 4.74 Å². The number of halogens is 1. The maximum Gasteiger partial charge on any atom is 0.124 e. The molecule has 5 aromatic rings. The maximum atomic E-state index is 13.4. The normalized spacial score (nSPS) is 11.1. The first-order valence-electron chi connectivity index (χ1n) is 9.05. The number of hydrogen-bond acceptors (Lipinski definition) is 4. The zero-order valence-corrected chi connectivity index (χ0v) is 16.4. The molecule has 0 bridgehead atoms. The summed E-state index contributed by atoms with van der Waals surface area (Å²) in [5, 5.41) is 0.873. The largest absolute Gasteiger partial charge is 0.497 e. The number of methoxy groups -OCH3 is 1. The molecule has 2 heterocycles. The summed E-state index contributed by atoms with van der Waals surface area (Å²) in [6.45, 7) is 0. The molecular weight excluding hydrogens is 385 g/mol. The minimum Gasteiger partial charge on any atom is -0.497 e. The second-order valence-corrected chi connectivity index (χ2v) is 7.59. The number of rotatable bonds is 4. The van der Waals surface area contributed by atoms with Crippen LogP contribution in [0, 0.1) is 5.82 Å². The second-order valence-electron chi connectivity index (χ2n) is 6.56. The minimum absolute atomic E-state index is 0.241. The van der Waals surface area contributed by atoms with E-state index in [9.17, 15) is 4.39 Å². The molecule has 142 valence electrons. The van der Waals surface area contributed by atoms with Crippen LogP contribution in [0.4, 0.5) is 4.39 Å². The standard InChI is InChI=1S/C23H16FN3OS/c1-28-19-9-4-15(5-10-19)21-13-25-14-27(21)18-7-2-16(3-8-18)23-26-20-11-6-17(24)12-22(20)29-23/h2-14H,1H3. The zero-order chi connectivity index (χ0) is 19.8. The van der Waals surface area contributed by atoms with Gasteiger partial charge in [0.05, 0.1) is 35.5 Å². The summed E-state index contributed by atoms with van der Waals surface area (Å²) >= 11 is 1.49. The van der Waals surface area contributed by atoms with E-state index in [1.807, 2.05) is 59.3 Å². The molecule has 0 N–H and O–H groups in total. The molecule has 4 nitrogen and oxygen atoms in total. The highest BCUT2D eigenvalue weighted by atomic mass is 32.1. The summed E-state index contributed by atoms with van der Waals surface area (Å²) in [7, 11) is 1.66. The van der Waals surface area contributed by atoms with Gasteiger partial charge in [0.25, 0.3) is 0 Å². The lowest BCUT2D eigenvalue weighted by Gasteiger charge is -2.09. The quantitative estimate of drug-likeness (QED) is 0.373. The summed E-state index contributed by atoms with van der Waals surface area (Å²) in [6.07, 6.45) is 3.65. The molecule has 0 atom stereocenters. The molecule has 3 aromatic carbocycles. The number of nitrogens with zero attached hydrogens (tertiary/aromatic N) is 3. The van der Waals surface area contributed by atoms with Gasteiger partial charge in [-0.1, -0.05) is 0 Å². The van der Waals surface area contributed by atoms with E-state index in [4.69, 9.17) is 4.74 Å². The fraction of sp³-hybridized carbons (Fsp3) is 0.0435. The highest BCUT2D eigenvalue weighted by Crippen LogP contribution is 2.32. The summed E-state index contributed by atoms with van der Waals surface area (Å²) < 4.78 is 21.6. The predicted molar refractivity (Wildman–Crippen MR) is 114 cm³/mol. The smallest absolute Gasteiger partial charge is 0.124 e. The van der Waals surface area contributed by atoms with E-state index in [0.717, 1.165) is 43.5 Å². The fourth-order valence-electron chi connectivity index (χ4n) is 3.26. The average Bonchev–Trinajstić information content (AvgIpc) is 3.41. The van der Waals surface area contributed by atoms with Gasteiger partial charge < -0.3 is 4.74 Å². The zero-order valence-electron chi connectivity index (χ0n) is 15.5. The van der Waals surface area contributed by atoms with Crippen LogP contribution >= 0.6 is 11.3 Å². The van der Waals surface area contributed by atoms with Crippen molar-refractivity contribution in [3.05, 3.63) is 85.1 Å². The lowest BCUT2D eigenvalue weighted by atomic mass is 10.1. The van der Waals surface area contributed by atoms with E-state index in [1.54, 1.807) is 19.5 Å². The summed E-state index contributed by atoms with van der Waals surface area (Å²) in [4.78, 5) is 8.94. The number of thiazole rings is 1. The molecular formula is C23H16FN3OS. The Bertz CT molecular complexity index is 1290. The van der Waals surface area contributed by atoms with Crippen LogP contribution in [0.5, 0.6) is 5.75 Å². The van der Waals surface area contributed by atoms with Gasteiger partial charge in [0, 0.05) is 16.8 Å². The van der Waals surface area contributed by atoms with E-state index >= 15 is 0 Å². The van der Waals surface area contributed by atoms with Gasteiger partial charge in [-0.25, -0.2) is 14.4 Å². The summed E-state index contributed by atoms with van der Waals surface area (Å²) in [6, 6.07) is 20.7. The molecule has 5 rings (SSSR count). The molecule has 0 aliphatic rings. The Morgan fingerprint density at radius 2 is 1.69 bits per heavy atom. The van der Waals surface area contributed by atoms with E-state index in [0.29, 0.717) is 0 Å². The van der Waals surface area contributed by atoms with Gasteiger partial charge in [-0.2, -0.15) is 0 Å². The van der Waals surface area contributed by atoms with E-state index in [-0.39, 0.29) is 5.82 Å². The topological polar surface area (TPSA) is 39.9 Å². The molecule has 0 amide bonds. The van der Waals surface area contributed by atoms with Crippen molar-refractivity contribution in [1.82, 2.24) is 14.5 Å².